The smallest absolute Gasteiger partial charge is 0.290 e. The van der Waals surface area contributed by atoms with Gasteiger partial charge in [-0.2, -0.15) is 0 Å². The van der Waals surface area contributed by atoms with Crippen LogP contribution in [0.2, 0.25) is 0 Å². The van der Waals surface area contributed by atoms with Crippen molar-refractivity contribution < 1.29 is 0 Å². The Labute approximate surface area is 113 Å². The number of unbranched alkanes of at least 4 members (excludes halogenated alkanes) is 1. The van der Waals surface area contributed by atoms with Crippen LogP contribution in [0.25, 0.3) is 5.69 Å². The predicted octanol–water partition coefficient (Wildman–Crippen LogP) is 2.58. The minimum Gasteiger partial charge on any atom is -0.393 e. The lowest BCUT2D eigenvalue weighted by atomic mass is 10.2. The average molecular weight is 259 g/mol. The van der Waals surface area contributed by atoms with E-state index in [4.69, 9.17) is 5.73 Å². The molecule has 0 bridgehead atoms. The summed E-state index contributed by atoms with van der Waals surface area (Å²) in [6.45, 7) is 4.84. The Morgan fingerprint density at radius 1 is 1.16 bits per heavy atom. The number of nitrogens with zero attached hydrogens (tertiary/aromatic N) is 2. The van der Waals surface area contributed by atoms with Gasteiger partial charge in [0.15, 0.2) is 0 Å². The van der Waals surface area contributed by atoms with Crippen molar-refractivity contribution in [2.24, 2.45) is 0 Å². The highest BCUT2D eigenvalue weighted by atomic mass is 16.1. The van der Waals surface area contributed by atoms with Crippen LogP contribution in [0.5, 0.6) is 0 Å². The van der Waals surface area contributed by atoms with Gasteiger partial charge in [0, 0.05) is 6.54 Å². The molecule has 2 aromatic rings. The summed E-state index contributed by atoms with van der Waals surface area (Å²) in [7, 11) is 0. The Hall–Kier alpha value is -1.97. The van der Waals surface area contributed by atoms with Crippen LogP contribution >= 0.6 is 0 Å². The summed E-state index contributed by atoms with van der Waals surface area (Å²) in [4.78, 5) is 12.3. The van der Waals surface area contributed by atoms with Crippen LogP contribution in [-0.4, -0.2) is 9.36 Å². The fourth-order valence-electron chi connectivity index (χ4n) is 2.33. The van der Waals surface area contributed by atoms with Crippen LogP contribution in [-0.2, 0) is 13.0 Å². The Bertz CT molecular complexity index is 596. The lowest BCUT2D eigenvalue weighted by Crippen LogP contribution is -2.23. The largest absolute Gasteiger partial charge is 0.393 e. The lowest BCUT2D eigenvalue weighted by Gasteiger charge is -2.14. The summed E-state index contributed by atoms with van der Waals surface area (Å²) < 4.78 is 3.72. The van der Waals surface area contributed by atoms with E-state index >= 15 is 0 Å². The fourth-order valence-corrected chi connectivity index (χ4v) is 2.33. The third kappa shape index (κ3) is 2.43. The molecule has 0 atom stereocenters. The SMILES string of the molecule is CCCCn1c(=O)c(N)c(CC)n1-c1ccccc1. The Kier molecular flexibility index (Phi) is 4.10. The summed E-state index contributed by atoms with van der Waals surface area (Å²) in [5, 5.41) is 0. The summed E-state index contributed by atoms with van der Waals surface area (Å²) in [6.07, 6.45) is 2.77. The van der Waals surface area contributed by atoms with Gasteiger partial charge in [-0.05, 0) is 25.0 Å². The first-order valence-corrected chi connectivity index (χ1v) is 6.86. The maximum atomic E-state index is 12.3. The number of para-hydroxylation sites is 1. The monoisotopic (exact) mass is 259 g/mol. The van der Waals surface area contributed by atoms with Crippen molar-refractivity contribution in [3.63, 3.8) is 0 Å². The van der Waals surface area contributed by atoms with E-state index in [0.29, 0.717) is 12.2 Å². The Morgan fingerprint density at radius 2 is 1.84 bits per heavy atom. The number of hydrogen-bond acceptors (Lipinski definition) is 2. The van der Waals surface area contributed by atoms with Gasteiger partial charge in [-0.25, -0.2) is 4.68 Å². The predicted molar refractivity (Wildman–Crippen MR) is 78.7 cm³/mol. The summed E-state index contributed by atoms with van der Waals surface area (Å²) in [5.41, 5.74) is 8.16. The number of benzene rings is 1. The van der Waals surface area contributed by atoms with Gasteiger partial charge in [0.1, 0.15) is 5.69 Å². The van der Waals surface area contributed by atoms with Gasteiger partial charge >= 0.3 is 0 Å². The van der Waals surface area contributed by atoms with E-state index in [1.54, 1.807) is 4.68 Å². The first kappa shape index (κ1) is 13.5. The van der Waals surface area contributed by atoms with Crippen LogP contribution in [0.4, 0.5) is 5.69 Å². The van der Waals surface area contributed by atoms with Crippen LogP contribution in [0.3, 0.4) is 0 Å². The summed E-state index contributed by atoms with van der Waals surface area (Å²) in [5.74, 6) is 0. The van der Waals surface area contributed by atoms with Crippen molar-refractivity contribution in [2.45, 2.75) is 39.7 Å². The van der Waals surface area contributed by atoms with Crippen LogP contribution in [0.1, 0.15) is 32.4 Å². The molecule has 0 unspecified atom stereocenters. The second kappa shape index (κ2) is 5.78. The molecule has 0 saturated carbocycles. The van der Waals surface area contributed by atoms with Gasteiger partial charge in [0.05, 0.1) is 11.4 Å². The van der Waals surface area contributed by atoms with Gasteiger partial charge in [-0.15, -0.1) is 0 Å². The third-order valence-electron chi connectivity index (χ3n) is 3.33. The third-order valence-corrected chi connectivity index (χ3v) is 3.33. The zero-order valence-electron chi connectivity index (χ0n) is 11.6. The zero-order valence-corrected chi connectivity index (χ0v) is 11.6. The average Bonchev–Trinajstić information content (AvgIpc) is 2.69. The second-order valence-corrected chi connectivity index (χ2v) is 4.64. The molecule has 0 fully saturated rings. The molecule has 0 radical (unpaired) electrons. The highest BCUT2D eigenvalue weighted by Gasteiger charge is 2.16. The highest BCUT2D eigenvalue weighted by Crippen LogP contribution is 2.16. The van der Waals surface area contributed by atoms with E-state index < -0.39 is 0 Å². The molecule has 2 N–H and O–H groups in total. The lowest BCUT2D eigenvalue weighted by molar-refractivity contribution is 0.501. The van der Waals surface area contributed by atoms with E-state index in [0.717, 1.165) is 30.6 Å². The van der Waals surface area contributed by atoms with Crippen LogP contribution in [0, 0.1) is 0 Å². The van der Waals surface area contributed by atoms with Crippen molar-refractivity contribution in [1.82, 2.24) is 9.36 Å². The van der Waals surface area contributed by atoms with Crippen molar-refractivity contribution in [1.29, 1.82) is 0 Å². The number of rotatable bonds is 5. The number of nitrogens with two attached hydrogens (primary N) is 1. The number of nitrogen functional groups attached to an aromatic ring is 1. The minimum atomic E-state index is -0.0749. The first-order valence-electron chi connectivity index (χ1n) is 6.86. The second-order valence-electron chi connectivity index (χ2n) is 4.64. The number of aromatic nitrogens is 2. The van der Waals surface area contributed by atoms with Gasteiger partial charge in [-0.1, -0.05) is 38.5 Å². The maximum absolute atomic E-state index is 12.3. The number of anilines is 1. The van der Waals surface area contributed by atoms with E-state index in [-0.39, 0.29) is 5.56 Å². The molecule has 0 spiro atoms. The molecule has 102 valence electrons. The fraction of sp³-hybridized carbons (Fsp3) is 0.400. The summed E-state index contributed by atoms with van der Waals surface area (Å²) in [6, 6.07) is 9.91. The molecule has 0 aliphatic rings. The molecule has 1 heterocycles. The molecule has 2 rings (SSSR count). The molecule has 0 aliphatic carbocycles. The standard InChI is InChI=1S/C15H21N3O/c1-3-5-11-17-15(19)14(16)13(4-2)18(17)12-9-7-6-8-10-12/h6-10H,3-5,11,16H2,1-2H3. The molecule has 0 amide bonds. The van der Waals surface area contributed by atoms with Crippen molar-refractivity contribution in [3.8, 4) is 5.69 Å². The van der Waals surface area contributed by atoms with Crippen molar-refractivity contribution >= 4 is 5.69 Å². The molecular formula is C15H21N3O. The molecule has 4 heteroatoms. The van der Waals surface area contributed by atoms with Gasteiger partial charge in [0.2, 0.25) is 0 Å². The van der Waals surface area contributed by atoms with Crippen LogP contribution in [0.15, 0.2) is 35.1 Å². The molecule has 19 heavy (non-hydrogen) atoms. The molecular weight excluding hydrogens is 238 g/mol. The number of hydrogen-bond donors (Lipinski definition) is 1. The molecule has 0 saturated heterocycles. The van der Waals surface area contributed by atoms with Crippen molar-refractivity contribution in [3.05, 3.63) is 46.4 Å². The maximum Gasteiger partial charge on any atom is 0.290 e. The minimum absolute atomic E-state index is 0.0749. The first-order chi connectivity index (χ1) is 9.20. The molecule has 1 aromatic carbocycles. The highest BCUT2D eigenvalue weighted by molar-refractivity contribution is 5.46. The van der Waals surface area contributed by atoms with Crippen molar-refractivity contribution in [2.75, 3.05) is 5.73 Å². The summed E-state index contributed by atoms with van der Waals surface area (Å²) >= 11 is 0. The van der Waals surface area contributed by atoms with E-state index in [1.165, 1.54) is 0 Å². The Balaban J connectivity index is 2.62. The van der Waals surface area contributed by atoms with Gasteiger partial charge in [0.25, 0.3) is 5.56 Å². The van der Waals surface area contributed by atoms with Gasteiger partial charge in [-0.3, -0.25) is 9.48 Å². The van der Waals surface area contributed by atoms with Crippen LogP contribution < -0.4 is 11.3 Å². The quantitative estimate of drug-likeness (QED) is 0.897. The van der Waals surface area contributed by atoms with Gasteiger partial charge < -0.3 is 5.73 Å². The molecule has 4 nitrogen and oxygen atoms in total. The molecule has 0 aliphatic heterocycles. The van der Waals surface area contributed by atoms with E-state index in [9.17, 15) is 4.79 Å². The van der Waals surface area contributed by atoms with E-state index in [1.807, 2.05) is 41.9 Å². The topological polar surface area (TPSA) is 52.9 Å². The Morgan fingerprint density at radius 3 is 2.42 bits per heavy atom. The van der Waals surface area contributed by atoms with E-state index in [2.05, 4.69) is 6.92 Å². The molecule has 1 aromatic heterocycles. The zero-order chi connectivity index (χ0) is 13.8. The normalized spacial score (nSPS) is 10.8.